The summed E-state index contributed by atoms with van der Waals surface area (Å²) in [6, 6.07) is 8.02. The van der Waals surface area contributed by atoms with Crippen molar-refractivity contribution >= 4 is 16.8 Å². The average Bonchev–Trinajstić information content (AvgIpc) is 2.85. The van der Waals surface area contributed by atoms with Gasteiger partial charge in [-0.2, -0.15) is 0 Å². The van der Waals surface area contributed by atoms with E-state index in [9.17, 15) is 4.79 Å². The standard InChI is InChI=1S/C17H22N2O2/c1-18-12-15(14-6-2-3-7-16(14)18)17(21)19-9-4-5-13(11-19)8-10-20/h2-3,6-7,12-13,20H,4-5,8-11H2,1H3. The van der Waals surface area contributed by atoms with Gasteiger partial charge in [-0.1, -0.05) is 18.2 Å². The molecule has 0 bridgehead atoms. The molecular formula is C17H22N2O2. The van der Waals surface area contributed by atoms with Crippen LogP contribution in [-0.2, 0) is 7.05 Å². The number of para-hydroxylation sites is 1. The molecule has 1 saturated heterocycles. The summed E-state index contributed by atoms with van der Waals surface area (Å²) in [5, 5.41) is 10.1. The number of aromatic nitrogens is 1. The van der Waals surface area contributed by atoms with E-state index in [1.165, 1.54) is 0 Å². The summed E-state index contributed by atoms with van der Waals surface area (Å²) < 4.78 is 2.01. The highest BCUT2D eigenvalue weighted by Gasteiger charge is 2.26. The Morgan fingerprint density at radius 1 is 1.38 bits per heavy atom. The number of hydrogen-bond acceptors (Lipinski definition) is 2. The molecule has 0 saturated carbocycles. The number of amides is 1. The zero-order chi connectivity index (χ0) is 14.8. The summed E-state index contributed by atoms with van der Waals surface area (Å²) in [6.45, 7) is 1.80. The van der Waals surface area contributed by atoms with Gasteiger partial charge in [0, 0.05) is 43.8 Å². The Labute approximate surface area is 125 Å². The van der Waals surface area contributed by atoms with Crippen molar-refractivity contribution in [2.75, 3.05) is 19.7 Å². The first-order chi connectivity index (χ1) is 10.2. The van der Waals surface area contributed by atoms with Gasteiger partial charge in [-0.25, -0.2) is 0 Å². The molecule has 1 aromatic carbocycles. The largest absolute Gasteiger partial charge is 0.396 e. The molecule has 1 fully saturated rings. The van der Waals surface area contributed by atoms with E-state index in [0.29, 0.717) is 5.92 Å². The first-order valence-corrected chi connectivity index (χ1v) is 7.65. The topological polar surface area (TPSA) is 45.5 Å². The summed E-state index contributed by atoms with van der Waals surface area (Å²) in [6.07, 6.45) is 4.86. The number of piperidine rings is 1. The molecule has 3 rings (SSSR count). The van der Waals surface area contributed by atoms with Crippen molar-refractivity contribution < 1.29 is 9.90 Å². The minimum absolute atomic E-state index is 0.120. The van der Waals surface area contributed by atoms with Crippen LogP contribution in [0.1, 0.15) is 29.6 Å². The second kappa shape index (κ2) is 5.90. The van der Waals surface area contributed by atoms with Crippen LogP contribution in [0.5, 0.6) is 0 Å². The summed E-state index contributed by atoms with van der Waals surface area (Å²) in [4.78, 5) is 14.8. The lowest BCUT2D eigenvalue weighted by Crippen LogP contribution is -2.40. The molecule has 4 heteroatoms. The van der Waals surface area contributed by atoms with E-state index < -0.39 is 0 Å². The number of fused-ring (bicyclic) bond motifs is 1. The molecule has 0 spiro atoms. The van der Waals surface area contributed by atoms with Crippen LogP contribution < -0.4 is 0 Å². The Balaban J connectivity index is 1.86. The van der Waals surface area contributed by atoms with E-state index in [2.05, 4.69) is 0 Å². The van der Waals surface area contributed by atoms with Crippen molar-refractivity contribution in [3.05, 3.63) is 36.0 Å². The molecule has 4 nitrogen and oxygen atoms in total. The molecule has 2 aromatic rings. The predicted octanol–water partition coefficient (Wildman–Crippen LogP) is 2.41. The summed E-state index contributed by atoms with van der Waals surface area (Å²) >= 11 is 0. The Bertz CT molecular complexity index is 645. The van der Waals surface area contributed by atoms with Gasteiger partial charge in [0.25, 0.3) is 5.91 Å². The lowest BCUT2D eigenvalue weighted by molar-refractivity contribution is 0.0655. The fraction of sp³-hybridized carbons (Fsp3) is 0.471. The van der Waals surface area contributed by atoms with Crippen LogP contribution in [0.2, 0.25) is 0 Å². The lowest BCUT2D eigenvalue weighted by Gasteiger charge is -2.32. The highest BCUT2D eigenvalue weighted by Crippen LogP contribution is 2.25. The number of carbonyl (C=O) groups is 1. The number of likely N-dealkylation sites (tertiary alicyclic amines) is 1. The Hall–Kier alpha value is -1.81. The van der Waals surface area contributed by atoms with E-state index >= 15 is 0 Å². The lowest BCUT2D eigenvalue weighted by atomic mass is 9.94. The van der Waals surface area contributed by atoms with Crippen molar-refractivity contribution in [3.63, 3.8) is 0 Å². The van der Waals surface area contributed by atoms with Gasteiger partial charge in [0.1, 0.15) is 0 Å². The van der Waals surface area contributed by atoms with Crippen molar-refractivity contribution in [2.24, 2.45) is 13.0 Å². The predicted molar refractivity (Wildman–Crippen MR) is 83.2 cm³/mol. The van der Waals surface area contributed by atoms with Gasteiger partial charge in [-0.15, -0.1) is 0 Å². The molecule has 1 amide bonds. The third kappa shape index (κ3) is 2.68. The number of carbonyl (C=O) groups excluding carboxylic acids is 1. The zero-order valence-corrected chi connectivity index (χ0v) is 12.5. The van der Waals surface area contributed by atoms with E-state index in [0.717, 1.165) is 48.8 Å². The van der Waals surface area contributed by atoms with E-state index in [1.54, 1.807) is 0 Å². The third-order valence-corrected chi connectivity index (χ3v) is 4.47. The number of aliphatic hydroxyl groups is 1. The fourth-order valence-corrected chi connectivity index (χ4v) is 3.35. The summed E-state index contributed by atoms with van der Waals surface area (Å²) in [5.74, 6) is 0.553. The molecular weight excluding hydrogens is 264 g/mol. The van der Waals surface area contributed by atoms with Gasteiger partial charge in [0.2, 0.25) is 0 Å². The third-order valence-electron chi connectivity index (χ3n) is 4.47. The highest BCUT2D eigenvalue weighted by molar-refractivity contribution is 6.07. The zero-order valence-electron chi connectivity index (χ0n) is 12.5. The first-order valence-electron chi connectivity index (χ1n) is 7.65. The van der Waals surface area contributed by atoms with Crippen LogP contribution in [0.4, 0.5) is 0 Å². The SMILES string of the molecule is Cn1cc(C(=O)N2CCCC(CCO)C2)c2ccccc21. The van der Waals surface area contributed by atoms with Gasteiger partial charge in [0.15, 0.2) is 0 Å². The second-order valence-corrected chi connectivity index (χ2v) is 5.94. The van der Waals surface area contributed by atoms with Gasteiger partial charge in [-0.05, 0) is 31.2 Å². The minimum Gasteiger partial charge on any atom is -0.396 e. The Kier molecular flexibility index (Phi) is 3.97. The molecule has 1 unspecified atom stereocenters. The average molecular weight is 286 g/mol. The number of hydrogen-bond donors (Lipinski definition) is 1. The summed E-state index contributed by atoms with van der Waals surface area (Å²) in [7, 11) is 1.98. The first kappa shape index (κ1) is 14.1. The molecule has 1 N–H and O–H groups in total. The van der Waals surface area contributed by atoms with Gasteiger partial charge < -0.3 is 14.6 Å². The van der Waals surface area contributed by atoms with Crippen molar-refractivity contribution in [1.29, 1.82) is 0 Å². The van der Waals surface area contributed by atoms with Gasteiger partial charge in [-0.3, -0.25) is 4.79 Å². The van der Waals surface area contributed by atoms with E-state index in [-0.39, 0.29) is 12.5 Å². The van der Waals surface area contributed by atoms with Crippen LogP contribution >= 0.6 is 0 Å². The molecule has 1 aromatic heterocycles. The maximum Gasteiger partial charge on any atom is 0.256 e. The van der Waals surface area contributed by atoms with Crippen molar-refractivity contribution in [1.82, 2.24) is 9.47 Å². The smallest absolute Gasteiger partial charge is 0.256 e. The number of rotatable bonds is 3. The van der Waals surface area contributed by atoms with Crippen LogP contribution in [0.15, 0.2) is 30.5 Å². The Morgan fingerprint density at radius 2 is 2.19 bits per heavy atom. The highest BCUT2D eigenvalue weighted by atomic mass is 16.3. The number of aryl methyl sites for hydroxylation is 1. The maximum absolute atomic E-state index is 12.8. The number of nitrogens with zero attached hydrogens (tertiary/aromatic N) is 2. The quantitative estimate of drug-likeness (QED) is 0.942. The van der Waals surface area contributed by atoms with Crippen LogP contribution in [0.3, 0.4) is 0 Å². The van der Waals surface area contributed by atoms with Gasteiger partial charge in [0.05, 0.1) is 5.56 Å². The normalized spacial score (nSPS) is 19.1. The fourth-order valence-electron chi connectivity index (χ4n) is 3.35. The van der Waals surface area contributed by atoms with Gasteiger partial charge >= 0.3 is 0 Å². The molecule has 21 heavy (non-hydrogen) atoms. The summed E-state index contributed by atoms with van der Waals surface area (Å²) in [5.41, 5.74) is 1.88. The van der Waals surface area contributed by atoms with E-state index in [4.69, 9.17) is 5.11 Å². The Morgan fingerprint density at radius 3 is 3.00 bits per heavy atom. The molecule has 112 valence electrons. The molecule has 1 atom stereocenters. The minimum atomic E-state index is 0.120. The van der Waals surface area contributed by atoms with Crippen LogP contribution in [0, 0.1) is 5.92 Å². The molecule has 1 aliphatic rings. The van der Waals surface area contributed by atoms with Crippen molar-refractivity contribution in [3.8, 4) is 0 Å². The molecule has 0 radical (unpaired) electrons. The number of aliphatic hydroxyl groups excluding tert-OH is 1. The second-order valence-electron chi connectivity index (χ2n) is 5.94. The number of benzene rings is 1. The van der Waals surface area contributed by atoms with E-state index in [1.807, 2.05) is 47.0 Å². The monoisotopic (exact) mass is 286 g/mol. The molecule has 2 heterocycles. The van der Waals surface area contributed by atoms with Crippen LogP contribution in [0.25, 0.3) is 10.9 Å². The van der Waals surface area contributed by atoms with Crippen molar-refractivity contribution in [2.45, 2.75) is 19.3 Å². The maximum atomic E-state index is 12.8. The molecule has 1 aliphatic heterocycles. The molecule has 0 aliphatic carbocycles. The van der Waals surface area contributed by atoms with Crippen LogP contribution in [-0.4, -0.2) is 40.2 Å².